The standard InChI is InChI=1S/C18H27N3O3/c1-13(2)11-16(21-17(23)12-20-14(3)22)18(24)19-10-9-15-7-5-4-6-8-15/h4-8,13,16H,9-12H2,1-3H3,(H,19,24)(H,20,22)(H,21,23)/t16-/m0/s1. The summed E-state index contributed by atoms with van der Waals surface area (Å²) in [6, 6.07) is 9.29. The van der Waals surface area contributed by atoms with Gasteiger partial charge in [0.15, 0.2) is 0 Å². The largest absolute Gasteiger partial charge is 0.354 e. The van der Waals surface area contributed by atoms with Gasteiger partial charge in [0.2, 0.25) is 17.7 Å². The van der Waals surface area contributed by atoms with Gasteiger partial charge in [-0.15, -0.1) is 0 Å². The SMILES string of the molecule is CC(=O)NCC(=O)N[C@@H](CC(C)C)C(=O)NCCc1ccccc1. The summed E-state index contributed by atoms with van der Waals surface area (Å²) in [5, 5.41) is 7.98. The van der Waals surface area contributed by atoms with Crippen LogP contribution in [0.15, 0.2) is 30.3 Å². The zero-order chi connectivity index (χ0) is 17.9. The molecular weight excluding hydrogens is 306 g/mol. The number of carbonyl (C=O) groups excluding carboxylic acids is 3. The van der Waals surface area contributed by atoms with E-state index in [1.807, 2.05) is 44.2 Å². The molecule has 0 bridgehead atoms. The maximum Gasteiger partial charge on any atom is 0.242 e. The van der Waals surface area contributed by atoms with Crippen molar-refractivity contribution in [2.45, 2.75) is 39.7 Å². The van der Waals surface area contributed by atoms with Crippen molar-refractivity contribution in [3.05, 3.63) is 35.9 Å². The number of rotatable bonds is 9. The minimum atomic E-state index is -0.595. The molecule has 0 heterocycles. The summed E-state index contributed by atoms with van der Waals surface area (Å²) < 4.78 is 0. The molecule has 0 saturated heterocycles. The highest BCUT2D eigenvalue weighted by Gasteiger charge is 2.21. The molecule has 0 unspecified atom stereocenters. The van der Waals surface area contributed by atoms with Crippen molar-refractivity contribution in [1.82, 2.24) is 16.0 Å². The molecule has 6 nitrogen and oxygen atoms in total. The lowest BCUT2D eigenvalue weighted by Crippen LogP contribution is -2.50. The van der Waals surface area contributed by atoms with Gasteiger partial charge in [-0.05, 0) is 24.3 Å². The Morgan fingerprint density at radius 1 is 1.04 bits per heavy atom. The Balaban J connectivity index is 2.48. The van der Waals surface area contributed by atoms with Crippen LogP contribution in [-0.4, -0.2) is 36.9 Å². The summed E-state index contributed by atoms with van der Waals surface area (Å²) in [5.41, 5.74) is 1.15. The average Bonchev–Trinajstić information content (AvgIpc) is 2.52. The molecular formula is C18H27N3O3. The quantitative estimate of drug-likeness (QED) is 0.630. The van der Waals surface area contributed by atoms with Gasteiger partial charge in [0, 0.05) is 13.5 Å². The van der Waals surface area contributed by atoms with Crippen molar-refractivity contribution in [2.75, 3.05) is 13.1 Å². The molecule has 0 aliphatic rings. The lowest BCUT2D eigenvalue weighted by molar-refractivity contribution is -0.129. The molecule has 1 atom stereocenters. The van der Waals surface area contributed by atoms with Crippen LogP contribution in [0.1, 0.15) is 32.8 Å². The van der Waals surface area contributed by atoms with Crippen LogP contribution in [0.2, 0.25) is 0 Å². The molecule has 0 saturated carbocycles. The molecule has 0 aliphatic heterocycles. The van der Waals surface area contributed by atoms with Gasteiger partial charge in [-0.1, -0.05) is 44.2 Å². The first-order chi connectivity index (χ1) is 11.4. The van der Waals surface area contributed by atoms with Crippen molar-refractivity contribution < 1.29 is 14.4 Å². The Hall–Kier alpha value is -2.37. The third-order valence-electron chi connectivity index (χ3n) is 3.41. The van der Waals surface area contributed by atoms with E-state index in [1.54, 1.807) is 0 Å². The summed E-state index contributed by atoms with van der Waals surface area (Å²) in [6.45, 7) is 5.71. The highest BCUT2D eigenvalue weighted by Crippen LogP contribution is 2.05. The fourth-order valence-corrected chi connectivity index (χ4v) is 2.25. The fourth-order valence-electron chi connectivity index (χ4n) is 2.25. The second-order valence-electron chi connectivity index (χ2n) is 6.19. The molecule has 0 aromatic heterocycles. The van der Waals surface area contributed by atoms with Crippen molar-refractivity contribution in [2.24, 2.45) is 5.92 Å². The Bertz CT molecular complexity index is 544. The second-order valence-corrected chi connectivity index (χ2v) is 6.19. The normalized spacial score (nSPS) is 11.7. The monoisotopic (exact) mass is 333 g/mol. The van der Waals surface area contributed by atoms with Crippen LogP contribution in [0, 0.1) is 5.92 Å². The topological polar surface area (TPSA) is 87.3 Å². The smallest absolute Gasteiger partial charge is 0.242 e. The van der Waals surface area contributed by atoms with E-state index in [9.17, 15) is 14.4 Å². The maximum atomic E-state index is 12.3. The maximum absolute atomic E-state index is 12.3. The van der Waals surface area contributed by atoms with Crippen LogP contribution in [0.4, 0.5) is 0 Å². The first-order valence-corrected chi connectivity index (χ1v) is 8.24. The Kier molecular flexibility index (Phi) is 8.54. The summed E-state index contributed by atoms with van der Waals surface area (Å²) in [6.07, 6.45) is 1.28. The Morgan fingerprint density at radius 3 is 2.29 bits per heavy atom. The van der Waals surface area contributed by atoms with E-state index in [0.29, 0.717) is 13.0 Å². The summed E-state index contributed by atoms with van der Waals surface area (Å²) >= 11 is 0. The van der Waals surface area contributed by atoms with Crippen LogP contribution in [0.3, 0.4) is 0 Å². The van der Waals surface area contributed by atoms with Gasteiger partial charge in [-0.3, -0.25) is 14.4 Å². The third-order valence-corrected chi connectivity index (χ3v) is 3.41. The van der Waals surface area contributed by atoms with E-state index >= 15 is 0 Å². The number of nitrogens with one attached hydrogen (secondary N) is 3. The number of amides is 3. The predicted octanol–water partition coefficient (Wildman–Crippen LogP) is 1.01. The minimum Gasteiger partial charge on any atom is -0.354 e. The molecule has 24 heavy (non-hydrogen) atoms. The fraction of sp³-hybridized carbons (Fsp3) is 0.500. The predicted molar refractivity (Wildman–Crippen MR) is 93.2 cm³/mol. The van der Waals surface area contributed by atoms with Crippen molar-refractivity contribution in [3.8, 4) is 0 Å². The van der Waals surface area contributed by atoms with Crippen LogP contribution in [0.25, 0.3) is 0 Å². The Morgan fingerprint density at radius 2 is 1.71 bits per heavy atom. The zero-order valence-electron chi connectivity index (χ0n) is 14.6. The number of benzene rings is 1. The lowest BCUT2D eigenvalue weighted by atomic mass is 10.0. The molecule has 0 fully saturated rings. The van der Waals surface area contributed by atoms with Crippen LogP contribution in [-0.2, 0) is 20.8 Å². The first-order valence-electron chi connectivity index (χ1n) is 8.24. The van der Waals surface area contributed by atoms with E-state index in [0.717, 1.165) is 12.0 Å². The molecule has 0 spiro atoms. The average molecular weight is 333 g/mol. The summed E-state index contributed by atoms with van der Waals surface area (Å²) in [4.78, 5) is 35.0. The van der Waals surface area contributed by atoms with E-state index in [2.05, 4.69) is 16.0 Å². The van der Waals surface area contributed by atoms with Gasteiger partial charge in [0.1, 0.15) is 6.04 Å². The number of carbonyl (C=O) groups is 3. The van der Waals surface area contributed by atoms with Gasteiger partial charge < -0.3 is 16.0 Å². The first kappa shape index (κ1) is 19.7. The molecule has 3 N–H and O–H groups in total. The van der Waals surface area contributed by atoms with Crippen LogP contribution in [0.5, 0.6) is 0 Å². The van der Waals surface area contributed by atoms with Gasteiger partial charge in [0.25, 0.3) is 0 Å². The molecule has 6 heteroatoms. The minimum absolute atomic E-state index is 0.124. The summed E-state index contributed by atoms with van der Waals surface area (Å²) in [5.74, 6) is -0.585. The van der Waals surface area contributed by atoms with Crippen LogP contribution < -0.4 is 16.0 Å². The van der Waals surface area contributed by atoms with Crippen molar-refractivity contribution in [1.29, 1.82) is 0 Å². The molecule has 0 aliphatic carbocycles. The van der Waals surface area contributed by atoms with E-state index in [4.69, 9.17) is 0 Å². The molecule has 1 aromatic carbocycles. The lowest BCUT2D eigenvalue weighted by Gasteiger charge is -2.20. The zero-order valence-corrected chi connectivity index (χ0v) is 14.6. The van der Waals surface area contributed by atoms with E-state index in [-0.39, 0.29) is 30.2 Å². The third kappa shape index (κ3) is 8.31. The van der Waals surface area contributed by atoms with Gasteiger partial charge in [-0.2, -0.15) is 0 Å². The number of hydrogen-bond donors (Lipinski definition) is 3. The molecule has 1 rings (SSSR count). The molecule has 0 radical (unpaired) electrons. The molecule has 132 valence electrons. The molecule has 1 aromatic rings. The summed E-state index contributed by atoms with van der Waals surface area (Å²) in [7, 11) is 0. The van der Waals surface area contributed by atoms with Crippen molar-refractivity contribution >= 4 is 17.7 Å². The Labute approximate surface area is 143 Å². The highest BCUT2D eigenvalue weighted by atomic mass is 16.2. The molecule has 3 amide bonds. The van der Waals surface area contributed by atoms with E-state index < -0.39 is 6.04 Å². The number of hydrogen-bond acceptors (Lipinski definition) is 3. The van der Waals surface area contributed by atoms with Gasteiger partial charge in [-0.25, -0.2) is 0 Å². The van der Waals surface area contributed by atoms with E-state index in [1.165, 1.54) is 6.92 Å². The van der Waals surface area contributed by atoms with Crippen LogP contribution >= 0.6 is 0 Å². The van der Waals surface area contributed by atoms with Crippen molar-refractivity contribution in [3.63, 3.8) is 0 Å². The van der Waals surface area contributed by atoms with Gasteiger partial charge in [0.05, 0.1) is 6.54 Å². The second kappa shape index (κ2) is 10.4. The van der Waals surface area contributed by atoms with Gasteiger partial charge >= 0.3 is 0 Å². The highest BCUT2D eigenvalue weighted by molar-refractivity contribution is 5.89.